The van der Waals surface area contributed by atoms with Crippen LogP contribution in [0.2, 0.25) is 0 Å². The Morgan fingerprint density at radius 1 is 0.450 bits per heavy atom. The maximum Gasteiger partial charge on any atom is 0.478 e. The topological polar surface area (TPSA) is 312 Å². The number of phosphoric acid groups is 4. The van der Waals surface area contributed by atoms with E-state index in [1.54, 1.807) is 0 Å². The van der Waals surface area contributed by atoms with E-state index in [9.17, 15) is 18.3 Å². The summed E-state index contributed by atoms with van der Waals surface area (Å²) in [6.45, 7) is 0. The molecule has 0 rings (SSSR count). The van der Waals surface area contributed by atoms with E-state index >= 15 is 0 Å². The summed E-state index contributed by atoms with van der Waals surface area (Å²) in [5.74, 6) is 0. The summed E-state index contributed by atoms with van der Waals surface area (Å²) >= 11 is 0. The van der Waals surface area contributed by atoms with Gasteiger partial charge in [-0.15, -0.1) is 0 Å². The highest BCUT2D eigenvalue weighted by molar-refractivity contribution is 7.60. The van der Waals surface area contributed by atoms with Crippen molar-refractivity contribution in [3.8, 4) is 0 Å². The summed E-state index contributed by atoms with van der Waals surface area (Å²) in [6, 6.07) is 0. The molecule has 12 N–H and O–H groups in total. The van der Waals surface area contributed by atoms with E-state index in [4.69, 9.17) is 39.1 Å². The van der Waals surface area contributed by atoms with Crippen LogP contribution >= 0.6 is 31.3 Å². The molecule has 128 valence electrons. The third kappa shape index (κ3) is 36.2. The van der Waals surface area contributed by atoms with Crippen LogP contribution in [0.1, 0.15) is 0 Å². The van der Waals surface area contributed by atoms with E-state index in [0.717, 1.165) is 0 Å². The van der Waals surface area contributed by atoms with Crippen LogP contribution in [0.4, 0.5) is 0 Å². The van der Waals surface area contributed by atoms with Gasteiger partial charge in [0.15, 0.2) is 0 Å². The first kappa shape index (κ1) is 28.6. The van der Waals surface area contributed by atoms with Crippen molar-refractivity contribution in [3.63, 3.8) is 0 Å². The predicted octanol–water partition coefficient (Wildman–Crippen LogP) is -3.27. The molecule has 0 aromatic carbocycles. The Morgan fingerprint density at radius 2 is 0.550 bits per heavy atom. The van der Waals surface area contributed by atoms with Gasteiger partial charge in [0, 0.05) is 0 Å². The van der Waals surface area contributed by atoms with E-state index in [0.29, 0.717) is 0 Å². The lowest BCUT2D eigenvalue weighted by Gasteiger charge is -2.03. The fourth-order valence-electron chi connectivity index (χ4n) is 0.277. The second-order valence-corrected chi connectivity index (χ2v) is 7.36. The van der Waals surface area contributed by atoms with E-state index in [2.05, 4.69) is 8.62 Å². The van der Waals surface area contributed by atoms with E-state index in [1.807, 2.05) is 0 Å². The number of hydrogen-bond acceptors (Lipinski definition) is 6. The quantitative estimate of drug-likeness (QED) is 0.218. The summed E-state index contributed by atoms with van der Waals surface area (Å²) in [6.07, 6.45) is 0. The van der Waals surface area contributed by atoms with Crippen LogP contribution in [0.25, 0.3) is 0 Å². The van der Waals surface area contributed by atoms with E-state index in [1.165, 1.54) is 0 Å². The average molecular weight is 392 g/mol. The monoisotopic (exact) mass is 392 g/mol. The van der Waals surface area contributed by atoms with Gasteiger partial charge in [-0.05, 0) is 0 Å². The van der Waals surface area contributed by atoms with Crippen LogP contribution in [0, 0.1) is 0 Å². The molecular weight excluding hydrogens is 380 g/mol. The Labute approximate surface area is 109 Å². The largest absolute Gasteiger partial charge is 0.478 e. The minimum Gasteiger partial charge on any atom is -0.412 e. The lowest BCUT2D eigenvalue weighted by molar-refractivity contribution is 0.221. The van der Waals surface area contributed by atoms with E-state index < -0.39 is 31.3 Å². The molecule has 0 unspecified atom stereocenters. The van der Waals surface area contributed by atoms with Crippen molar-refractivity contribution in [3.05, 3.63) is 0 Å². The van der Waals surface area contributed by atoms with Crippen LogP contribution in [0.3, 0.4) is 0 Å². The molecular formula is H12O16P4. The molecule has 0 heterocycles. The fraction of sp³-hybridized carbons (Fsp3) is 0. The molecule has 0 aliphatic carbocycles. The van der Waals surface area contributed by atoms with Gasteiger partial charge in [0.1, 0.15) is 0 Å². The molecule has 20 heavy (non-hydrogen) atoms. The highest BCUT2D eigenvalue weighted by Gasteiger charge is 2.28. The molecule has 0 spiro atoms. The van der Waals surface area contributed by atoms with Gasteiger partial charge in [-0.3, -0.25) is 0 Å². The molecule has 0 atom stereocenters. The predicted molar refractivity (Wildman–Crippen MR) is 57.6 cm³/mol. The standard InChI is InChI=1S/2H4O7P2.2H2O/c2*1-8(2,3)7-9(4,5)6;;/h2*(H2,1,2,3)(H2,4,5,6);2*1H2. The van der Waals surface area contributed by atoms with Crippen LogP contribution in [-0.2, 0) is 26.9 Å². The van der Waals surface area contributed by atoms with E-state index in [-0.39, 0.29) is 11.0 Å². The van der Waals surface area contributed by atoms with Crippen molar-refractivity contribution < 1.29 is 77.0 Å². The van der Waals surface area contributed by atoms with Crippen LogP contribution in [0.5, 0.6) is 0 Å². The Kier molecular flexibility index (Phi) is 13.5. The highest BCUT2D eigenvalue weighted by Crippen LogP contribution is 2.54. The van der Waals surface area contributed by atoms with Crippen LogP contribution in [-0.4, -0.2) is 50.1 Å². The molecule has 0 amide bonds. The second-order valence-electron chi connectivity index (χ2n) is 2.13. The molecule has 20 heteroatoms. The molecule has 0 bridgehead atoms. The van der Waals surface area contributed by atoms with Gasteiger partial charge in [0.05, 0.1) is 0 Å². The fourth-order valence-corrected chi connectivity index (χ4v) is 2.49. The maximum atomic E-state index is 9.63. The lowest BCUT2D eigenvalue weighted by atomic mass is 15.7. The summed E-state index contributed by atoms with van der Waals surface area (Å²) in [4.78, 5) is 62.0. The van der Waals surface area contributed by atoms with Gasteiger partial charge in [0.25, 0.3) is 0 Å². The van der Waals surface area contributed by atoms with Crippen molar-refractivity contribution >= 4 is 31.3 Å². The molecule has 0 aromatic rings. The molecule has 16 nitrogen and oxygen atoms in total. The normalized spacial score (nSPS) is 12.4. The summed E-state index contributed by atoms with van der Waals surface area (Å²) in [5, 5.41) is 0. The van der Waals surface area contributed by atoms with Crippen LogP contribution in [0.15, 0.2) is 0 Å². The van der Waals surface area contributed by atoms with Gasteiger partial charge in [-0.2, -0.15) is 8.62 Å². The molecule has 0 radical (unpaired) electrons. The zero-order valence-electron chi connectivity index (χ0n) is 8.82. The van der Waals surface area contributed by atoms with Crippen molar-refractivity contribution in [1.82, 2.24) is 0 Å². The molecule has 0 saturated heterocycles. The Hall–Kier alpha value is 0.440. The minimum absolute atomic E-state index is 0. The lowest BCUT2D eigenvalue weighted by Crippen LogP contribution is -1.84. The van der Waals surface area contributed by atoms with Crippen molar-refractivity contribution in [2.24, 2.45) is 0 Å². The first-order valence-corrected chi connectivity index (χ1v) is 9.18. The average Bonchev–Trinajstić information content (AvgIpc) is 1.64. The van der Waals surface area contributed by atoms with Crippen LogP contribution < -0.4 is 0 Å². The molecule has 0 aromatic heterocycles. The number of hydrogen-bond donors (Lipinski definition) is 8. The van der Waals surface area contributed by atoms with Gasteiger partial charge in [-0.1, -0.05) is 0 Å². The van der Waals surface area contributed by atoms with Gasteiger partial charge >= 0.3 is 31.3 Å². The summed E-state index contributed by atoms with van der Waals surface area (Å²) in [5.41, 5.74) is 0. The summed E-state index contributed by atoms with van der Waals surface area (Å²) in [7, 11) is -20.2. The Morgan fingerprint density at radius 3 is 0.550 bits per heavy atom. The Bertz CT molecular complexity index is 337. The molecule has 0 saturated carbocycles. The Balaban J connectivity index is -0.000000116. The SMILES string of the molecule is O.O.O=P(O)(O)OP(=O)(O)O.O=P(O)(O)OP(=O)(O)O. The zero-order valence-corrected chi connectivity index (χ0v) is 12.4. The smallest absolute Gasteiger partial charge is 0.412 e. The summed E-state index contributed by atoms with van der Waals surface area (Å²) < 4.78 is 44.4. The van der Waals surface area contributed by atoms with Gasteiger partial charge in [0.2, 0.25) is 0 Å². The van der Waals surface area contributed by atoms with Crippen molar-refractivity contribution in [2.75, 3.05) is 0 Å². The third-order valence-electron chi connectivity index (χ3n) is 0.425. The minimum atomic E-state index is -5.05. The zero-order chi connectivity index (χ0) is 15.4. The first-order chi connectivity index (χ1) is 7.41. The molecule has 0 aliphatic rings. The second kappa shape index (κ2) is 9.46. The molecule has 0 fully saturated rings. The molecule has 0 aliphatic heterocycles. The van der Waals surface area contributed by atoms with Crippen molar-refractivity contribution in [2.45, 2.75) is 0 Å². The third-order valence-corrected chi connectivity index (χ3v) is 3.83. The van der Waals surface area contributed by atoms with Crippen molar-refractivity contribution in [1.29, 1.82) is 0 Å². The number of rotatable bonds is 4. The van der Waals surface area contributed by atoms with Gasteiger partial charge < -0.3 is 50.1 Å². The maximum absolute atomic E-state index is 9.63. The first-order valence-electron chi connectivity index (χ1n) is 3.06. The van der Waals surface area contributed by atoms with Gasteiger partial charge in [-0.25, -0.2) is 18.3 Å². The highest BCUT2D eigenvalue weighted by atomic mass is 31.3.